The van der Waals surface area contributed by atoms with E-state index in [2.05, 4.69) is 59.0 Å². The first-order valence-corrected chi connectivity index (χ1v) is 10.6. The molecule has 0 bridgehead atoms. The van der Waals surface area contributed by atoms with Gasteiger partial charge in [0.2, 0.25) is 0 Å². The minimum atomic E-state index is -0.285. The quantitative estimate of drug-likeness (QED) is 0.217. The van der Waals surface area contributed by atoms with E-state index in [1.54, 1.807) is 6.07 Å². The van der Waals surface area contributed by atoms with Crippen molar-refractivity contribution in [2.45, 2.75) is 0 Å². The summed E-state index contributed by atoms with van der Waals surface area (Å²) in [5, 5.41) is 18.5. The molecule has 0 fully saturated rings. The van der Waals surface area contributed by atoms with Crippen molar-refractivity contribution in [3.8, 4) is 11.1 Å². The molecule has 0 saturated heterocycles. The van der Waals surface area contributed by atoms with Gasteiger partial charge >= 0.3 is 0 Å². The molecular weight excluding hydrogens is 396 g/mol. The molecule has 0 saturated carbocycles. The van der Waals surface area contributed by atoms with Gasteiger partial charge in [0.25, 0.3) is 5.69 Å². The molecule has 32 heavy (non-hydrogen) atoms. The van der Waals surface area contributed by atoms with Crippen LogP contribution in [0.2, 0.25) is 0 Å². The van der Waals surface area contributed by atoms with Gasteiger partial charge in [0, 0.05) is 27.6 Å². The Bertz CT molecular complexity index is 1860. The van der Waals surface area contributed by atoms with Crippen LogP contribution in [0.1, 0.15) is 0 Å². The van der Waals surface area contributed by atoms with E-state index in [4.69, 9.17) is 0 Å². The van der Waals surface area contributed by atoms with Crippen molar-refractivity contribution in [1.29, 1.82) is 0 Å². The van der Waals surface area contributed by atoms with Crippen LogP contribution >= 0.6 is 0 Å². The van der Waals surface area contributed by atoms with Crippen molar-refractivity contribution in [2.75, 3.05) is 0 Å². The van der Waals surface area contributed by atoms with E-state index in [9.17, 15) is 10.1 Å². The van der Waals surface area contributed by atoms with Crippen molar-refractivity contribution in [1.82, 2.24) is 4.40 Å². The van der Waals surface area contributed by atoms with Crippen LogP contribution in [0.3, 0.4) is 0 Å². The normalized spacial score (nSPS) is 12.0. The molecule has 0 unspecified atom stereocenters. The minimum absolute atomic E-state index is 0.130. The summed E-state index contributed by atoms with van der Waals surface area (Å²) in [4.78, 5) is 11.6. The summed E-state index contributed by atoms with van der Waals surface area (Å²) in [6.07, 6.45) is 0. The summed E-state index contributed by atoms with van der Waals surface area (Å²) in [6.45, 7) is 0. The van der Waals surface area contributed by atoms with Crippen LogP contribution in [0, 0.1) is 10.1 Å². The van der Waals surface area contributed by atoms with Crippen LogP contribution in [0.4, 0.5) is 5.69 Å². The molecule has 4 nitrogen and oxygen atoms in total. The highest BCUT2D eigenvalue weighted by atomic mass is 16.6. The SMILES string of the molecule is O=[N+]([O-])c1cc2ccccc2cc1-c1ccc2c(c1)c1cccc3c4ccccc4n2c31. The summed E-state index contributed by atoms with van der Waals surface area (Å²) >= 11 is 0. The average Bonchev–Trinajstić information content (AvgIpc) is 3.35. The Morgan fingerprint density at radius 3 is 2.09 bits per heavy atom. The molecule has 2 aromatic heterocycles. The average molecular weight is 412 g/mol. The third-order valence-corrected chi connectivity index (χ3v) is 6.59. The number of hydrogen-bond acceptors (Lipinski definition) is 2. The Morgan fingerprint density at radius 1 is 0.625 bits per heavy atom. The van der Waals surface area contributed by atoms with E-state index >= 15 is 0 Å². The molecule has 0 atom stereocenters. The van der Waals surface area contributed by atoms with Crippen LogP contribution < -0.4 is 0 Å². The maximum absolute atomic E-state index is 11.9. The highest BCUT2D eigenvalue weighted by molar-refractivity contribution is 6.23. The Labute approximate surface area is 182 Å². The van der Waals surface area contributed by atoms with Crippen molar-refractivity contribution < 1.29 is 4.92 Å². The van der Waals surface area contributed by atoms with E-state index in [0.717, 1.165) is 27.2 Å². The first-order valence-electron chi connectivity index (χ1n) is 10.6. The maximum Gasteiger partial charge on any atom is 0.277 e. The molecule has 0 N–H and O–H groups in total. The minimum Gasteiger partial charge on any atom is -0.308 e. The monoisotopic (exact) mass is 412 g/mol. The van der Waals surface area contributed by atoms with Gasteiger partial charge in [-0.3, -0.25) is 10.1 Å². The van der Waals surface area contributed by atoms with Gasteiger partial charge in [0.1, 0.15) is 0 Å². The largest absolute Gasteiger partial charge is 0.308 e. The second-order valence-electron chi connectivity index (χ2n) is 8.26. The van der Waals surface area contributed by atoms with Gasteiger partial charge in [-0.15, -0.1) is 0 Å². The van der Waals surface area contributed by atoms with E-state index in [1.165, 1.54) is 27.2 Å². The van der Waals surface area contributed by atoms with Gasteiger partial charge in [-0.25, -0.2) is 0 Å². The molecule has 0 aliphatic heterocycles. The molecule has 2 heterocycles. The fraction of sp³-hybridized carbons (Fsp3) is 0. The summed E-state index contributed by atoms with van der Waals surface area (Å²) in [5.74, 6) is 0. The summed E-state index contributed by atoms with van der Waals surface area (Å²) < 4.78 is 2.31. The first-order chi connectivity index (χ1) is 15.7. The van der Waals surface area contributed by atoms with Crippen LogP contribution in [-0.4, -0.2) is 9.32 Å². The van der Waals surface area contributed by atoms with Crippen molar-refractivity contribution >= 4 is 54.6 Å². The van der Waals surface area contributed by atoms with Crippen LogP contribution in [-0.2, 0) is 0 Å². The predicted molar refractivity (Wildman–Crippen MR) is 131 cm³/mol. The smallest absolute Gasteiger partial charge is 0.277 e. The van der Waals surface area contributed by atoms with Gasteiger partial charge in [-0.2, -0.15) is 0 Å². The number of benzene rings is 5. The molecule has 5 aromatic carbocycles. The predicted octanol–water partition coefficient (Wildman–Crippen LogP) is 7.57. The van der Waals surface area contributed by atoms with Crippen LogP contribution in [0.25, 0.3) is 60.0 Å². The van der Waals surface area contributed by atoms with Crippen molar-refractivity contribution in [2.24, 2.45) is 0 Å². The molecule has 0 aliphatic rings. The number of nitrogens with zero attached hydrogens (tertiary/aromatic N) is 2. The molecule has 0 amide bonds. The lowest BCUT2D eigenvalue weighted by Gasteiger charge is -2.07. The summed E-state index contributed by atoms with van der Waals surface area (Å²) in [6, 6.07) is 32.4. The van der Waals surface area contributed by atoms with Gasteiger partial charge in [0.15, 0.2) is 0 Å². The van der Waals surface area contributed by atoms with Crippen molar-refractivity contribution in [3.05, 3.63) is 107 Å². The summed E-state index contributed by atoms with van der Waals surface area (Å²) in [5.41, 5.74) is 5.12. The molecule has 0 aliphatic carbocycles. The topological polar surface area (TPSA) is 47.5 Å². The standard InChI is InChI=1S/C28H16N2O2/c31-30(32)27-16-18-7-2-1-6-17(18)14-23(27)19-12-13-26-24(15-19)22-10-5-9-21-20-8-3-4-11-25(20)29(26)28(21)22/h1-16H. The zero-order chi connectivity index (χ0) is 21.4. The summed E-state index contributed by atoms with van der Waals surface area (Å²) in [7, 11) is 0. The van der Waals surface area contributed by atoms with E-state index in [0.29, 0.717) is 5.56 Å². The number of nitro benzene ring substituents is 1. The Kier molecular flexibility index (Phi) is 3.26. The molecule has 4 heteroatoms. The van der Waals surface area contributed by atoms with E-state index < -0.39 is 0 Å². The number of rotatable bonds is 2. The van der Waals surface area contributed by atoms with E-state index in [1.807, 2.05) is 36.4 Å². The molecule has 7 aromatic rings. The zero-order valence-corrected chi connectivity index (χ0v) is 16.9. The molecule has 0 radical (unpaired) electrons. The Balaban J connectivity index is 1.59. The lowest BCUT2D eigenvalue weighted by molar-refractivity contribution is -0.384. The molecule has 150 valence electrons. The fourth-order valence-electron chi connectivity index (χ4n) is 5.21. The zero-order valence-electron chi connectivity index (χ0n) is 16.9. The molecular formula is C28H16N2O2. The third kappa shape index (κ3) is 2.16. The second-order valence-corrected chi connectivity index (χ2v) is 8.26. The van der Waals surface area contributed by atoms with Gasteiger partial charge < -0.3 is 4.40 Å². The number of aromatic nitrogens is 1. The Morgan fingerprint density at radius 2 is 1.28 bits per heavy atom. The van der Waals surface area contributed by atoms with Crippen LogP contribution in [0.5, 0.6) is 0 Å². The van der Waals surface area contributed by atoms with Gasteiger partial charge in [-0.1, -0.05) is 66.7 Å². The van der Waals surface area contributed by atoms with Crippen LogP contribution in [0.15, 0.2) is 97.1 Å². The van der Waals surface area contributed by atoms with E-state index in [-0.39, 0.29) is 10.6 Å². The maximum atomic E-state index is 11.9. The first kappa shape index (κ1) is 17.3. The van der Waals surface area contributed by atoms with Crippen molar-refractivity contribution in [3.63, 3.8) is 0 Å². The molecule has 0 spiro atoms. The number of hydrogen-bond donors (Lipinski definition) is 0. The second kappa shape index (κ2) is 6.05. The highest BCUT2D eigenvalue weighted by Gasteiger charge is 2.20. The molecule has 7 rings (SSSR count). The Hall–Kier alpha value is -4.44. The van der Waals surface area contributed by atoms with Gasteiger partial charge in [0.05, 0.1) is 27.0 Å². The highest BCUT2D eigenvalue weighted by Crippen LogP contribution is 2.41. The lowest BCUT2D eigenvalue weighted by Crippen LogP contribution is -1.93. The third-order valence-electron chi connectivity index (χ3n) is 6.59. The number of nitro groups is 1. The number of para-hydroxylation sites is 2. The number of fused-ring (bicyclic) bond motifs is 7. The fourth-order valence-corrected chi connectivity index (χ4v) is 5.21. The lowest BCUT2D eigenvalue weighted by atomic mass is 9.97. The van der Waals surface area contributed by atoms with Gasteiger partial charge in [-0.05, 0) is 40.6 Å².